The minimum absolute atomic E-state index is 0.456. The number of hydrogen-bond acceptors (Lipinski definition) is 3. The Morgan fingerprint density at radius 1 is 1.00 bits per heavy atom. The molecular formula is C14H18N2O3. The summed E-state index contributed by atoms with van der Waals surface area (Å²) >= 11 is 0. The number of amides is 1. The summed E-state index contributed by atoms with van der Waals surface area (Å²) in [5, 5.41) is 8.69. The highest BCUT2D eigenvalue weighted by molar-refractivity contribution is 6.31. The van der Waals surface area contributed by atoms with Crippen molar-refractivity contribution >= 4 is 17.6 Å². The van der Waals surface area contributed by atoms with Crippen molar-refractivity contribution in [2.45, 2.75) is 13.8 Å². The molecule has 5 heteroatoms. The van der Waals surface area contributed by atoms with Gasteiger partial charge in [-0.15, -0.1) is 0 Å². The van der Waals surface area contributed by atoms with Gasteiger partial charge in [0.1, 0.15) is 0 Å². The normalized spacial score (nSPS) is 15.5. The van der Waals surface area contributed by atoms with E-state index in [1.807, 2.05) is 0 Å². The van der Waals surface area contributed by atoms with Gasteiger partial charge in [0.25, 0.3) is 0 Å². The number of piperazine rings is 1. The molecule has 1 aliphatic heterocycles. The summed E-state index contributed by atoms with van der Waals surface area (Å²) in [4.78, 5) is 25.6. The van der Waals surface area contributed by atoms with Gasteiger partial charge in [-0.2, -0.15) is 0 Å². The average Bonchev–Trinajstić information content (AvgIpc) is 2.37. The van der Waals surface area contributed by atoms with E-state index >= 15 is 0 Å². The molecule has 1 aromatic rings. The number of aliphatic carboxylic acids is 1. The van der Waals surface area contributed by atoms with Crippen LogP contribution in [0.25, 0.3) is 0 Å². The second-order valence-electron chi connectivity index (χ2n) is 4.93. The van der Waals surface area contributed by atoms with Crippen LogP contribution in [0.2, 0.25) is 0 Å². The molecule has 1 aliphatic rings. The number of anilines is 1. The summed E-state index contributed by atoms with van der Waals surface area (Å²) in [5.41, 5.74) is 3.55. The minimum Gasteiger partial charge on any atom is -0.474 e. The molecule has 1 heterocycles. The largest absolute Gasteiger partial charge is 0.474 e. The van der Waals surface area contributed by atoms with Gasteiger partial charge in [0.15, 0.2) is 0 Å². The summed E-state index contributed by atoms with van der Waals surface area (Å²) < 4.78 is 0. The fraction of sp³-hybridized carbons (Fsp3) is 0.429. The lowest BCUT2D eigenvalue weighted by molar-refractivity contribution is -0.156. The first-order chi connectivity index (χ1) is 8.97. The standard InChI is InChI=1S/C14H18N2O3/c1-10-7-11(2)9-12(8-10)15-3-5-16(6-4-15)13(17)14(18)19/h7-9H,3-6H2,1-2H3,(H,18,19). The highest BCUT2D eigenvalue weighted by Gasteiger charge is 2.25. The van der Waals surface area contributed by atoms with Crippen molar-refractivity contribution in [3.63, 3.8) is 0 Å². The van der Waals surface area contributed by atoms with E-state index < -0.39 is 11.9 Å². The maximum absolute atomic E-state index is 11.4. The predicted octanol–water partition coefficient (Wildman–Crippen LogP) is 1.04. The predicted molar refractivity (Wildman–Crippen MR) is 72.3 cm³/mol. The number of carboxylic acids is 1. The molecule has 0 spiro atoms. The molecule has 0 unspecified atom stereocenters. The van der Waals surface area contributed by atoms with Crippen molar-refractivity contribution in [1.82, 2.24) is 4.90 Å². The number of aryl methyl sites for hydroxylation is 2. The summed E-state index contributed by atoms with van der Waals surface area (Å²) in [7, 11) is 0. The van der Waals surface area contributed by atoms with Gasteiger partial charge < -0.3 is 14.9 Å². The molecule has 1 amide bonds. The van der Waals surface area contributed by atoms with Gasteiger partial charge in [0.05, 0.1) is 0 Å². The quantitative estimate of drug-likeness (QED) is 0.768. The van der Waals surface area contributed by atoms with Crippen molar-refractivity contribution in [2.24, 2.45) is 0 Å². The van der Waals surface area contributed by atoms with Gasteiger partial charge in [0.2, 0.25) is 0 Å². The zero-order chi connectivity index (χ0) is 14.0. The summed E-state index contributed by atoms with van der Waals surface area (Å²) in [6.45, 7) is 6.36. The average molecular weight is 262 g/mol. The zero-order valence-corrected chi connectivity index (χ0v) is 11.2. The molecule has 0 saturated carbocycles. The minimum atomic E-state index is -1.38. The monoisotopic (exact) mass is 262 g/mol. The first kappa shape index (κ1) is 13.4. The number of rotatable bonds is 1. The summed E-state index contributed by atoms with van der Waals surface area (Å²) in [6.07, 6.45) is 0. The van der Waals surface area contributed by atoms with Crippen molar-refractivity contribution in [3.8, 4) is 0 Å². The summed E-state index contributed by atoms with van der Waals surface area (Å²) in [6, 6.07) is 6.34. The first-order valence-corrected chi connectivity index (χ1v) is 6.33. The lowest BCUT2D eigenvalue weighted by atomic mass is 10.1. The van der Waals surface area contributed by atoms with Crippen molar-refractivity contribution in [2.75, 3.05) is 31.1 Å². The first-order valence-electron chi connectivity index (χ1n) is 6.33. The molecule has 1 fully saturated rings. The van der Waals surface area contributed by atoms with E-state index in [1.165, 1.54) is 16.0 Å². The Labute approximate surface area is 112 Å². The van der Waals surface area contributed by atoms with Crippen LogP contribution in [-0.4, -0.2) is 48.1 Å². The fourth-order valence-corrected chi connectivity index (χ4v) is 2.44. The number of nitrogens with zero attached hydrogens (tertiary/aromatic N) is 2. The Bertz CT molecular complexity index is 485. The van der Waals surface area contributed by atoms with E-state index in [0.29, 0.717) is 26.2 Å². The van der Waals surface area contributed by atoms with Crippen LogP contribution in [0.1, 0.15) is 11.1 Å². The molecule has 0 aliphatic carbocycles. The molecule has 0 bridgehead atoms. The molecule has 5 nitrogen and oxygen atoms in total. The van der Waals surface area contributed by atoms with Crippen molar-refractivity contribution in [1.29, 1.82) is 0 Å². The highest BCUT2D eigenvalue weighted by atomic mass is 16.4. The third kappa shape index (κ3) is 3.05. The molecule has 1 aromatic carbocycles. The molecule has 0 aromatic heterocycles. The van der Waals surface area contributed by atoms with Crippen LogP contribution in [0.15, 0.2) is 18.2 Å². The Morgan fingerprint density at radius 2 is 1.53 bits per heavy atom. The van der Waals surface area contributed by atoms with Crippen LogP contribution in [0.3, 0.4) is 0 Å². The van der Waals surface area contributed by atoms with Gasteiger partial charge in [0, 0.05) is 31.9 Å². The molecule has 0 radical (unpaired) electrons. The molecule has 0 atom stereocenters. The van der Waals surface area contributed by atoms with E-state index in [9.17, 15) is 9.59 Å². The van der Waals surface area contributed by atoms with E-state index in [-0.39, 0.29) is 0 Å². The second-order valence-corrected chi connectivity index (χ2v) is 4.93. The highest BCUT2D eigenvalue weighted by Crippen LogP contribution is 2.20. The third-order valence-corrected chi connectivity index (χ3v) is 3.32. The molecule has 1 saturated heterocycles. The Balaban J connectivity index is 2.03. The third-order valence-electron chi connectivity index (χ3n) is 3.32. The van der Waals surface area contributed by atoms with Crippen molar-refractivity contribution in [3.05, 3.63) is 29.3 Å². The van der Waals surface area contributed by atoms with E-state index in [2.05, 4.69) is 36.9 Å². The van der Waals surface area contributed by atoms with Gasteiger partial charge in [-0.1, -0.05) is 6.07 Å². The molecule has 1 N–H and O–H groups in total. The summed E-state index contributed by atoms with van der Waals surface area (Å²) in [5.74, 6) is -2.18. The number of carbonyl (C=O) groups excluding carboxylic acids is 1. The number of benzene rings is 1. The van der Waals surface area contributed by atoms with Gasteiger partial charge in [-0.3, -0.25) is 4.79 Å². The Hall–Kier alpha value is -2.04. The lowest BCUT2D eigenvalue weighted by Crippen LogP contribution is -2.50. The van der Waals surface area contributed by atoms with E-state index in [0.717, 1.165) is 5.69 Å². The second kappa shape index (κ2) is 5.30. The van der Waals surface area contributed by atoms with Gasteiger partial charge >= 0.3 is 11.9 Å². The van der Waals surface area contributed by atoms with Crippen molar-refractivity contribution < 1.29 is 14.7 Å². The van der Waals surface area contributed by atoms with Crippen LogP contribution in [0, 0.1) is 13.8 Å². The maximum Gasteiger partial charge on any atom is 0.394 e. The van der Waals surface area contributed by atoms with E-state index in [1.54, 1.807) is 0 Å². The van der Waals surface area contributed by atoms with Crippen LogP contribution >= 0.6 is 0 Å². The molecule has 19 heavy (non-hydrogen) atoms. The molecule has 2 rings (SSSR count). The lowest BCUT2D eigenvalue weighted by Gasteiger charge is -2.35. The maximum atomic E-state index is 11.4. The van der Waals surface area contributed by atoms with E-state index in [4.69, 9.17) is 5.11 Å². The van der Waals surface area contributed by atoms with Crippen LogP contribution < -0.4 is 4.90 Å². The SMILES string of the molecule is Cc1cc(C)cc(N2CCN(C(=O)C(=O)O)CC2)c1. The Kier molecular flexibility index (Phi) is 3.74. The van der Waals surface area contributed by atoms with Crippen LogP contribution in [-0.2, 0) is 9.59 Å². The Morgan fingerprint density at radius 3 is 2.00 bits per heavy atom. The number of carboxylic acid groups (broad SMARTS) is 1. The smallest absolute Gasteiger partial charge is 0.394 e. The zero-order valence-electron chi connectivity index (χ0n) is 11.2. The van der Waals surface area contributed by atoms with Gasteiger partial charge in [-0.05, 0) is 37.1 Å². The molecule has 102 valence electrons. The number of carbonyl (C=O) groups is 2. The molecular weight excluding hydrogens is 244 g/mol. The number of hydrogen-bond donors (Lipinski definition) is 1. The fourth-order valence-electron chi connectivity index (χ4n) is 2.44. The van der Waals surface area contributed by atoms with Gasteiger partial charge in [-0.25, -0.2) is 4.79 Å². The van der Waals surface area contributed by atoms with Crippen LogP contribution in [0.5, 0.6) is 0 Å². The van der Waals surface area contributed by atoms with Crippen LogP contribution in [0.4, 0.5) is 5.69 Å². The topological polar surface area (TPSA) is 60.9 Å².